The summed E-state index contributed by atoms with van der Waals surface area (Å²) >= 11 is 0. The van der Waals surface area contributed by atoms with Gasteiger partial charge in [-0.2, -0.15) is 5.10 Å². The zero-order valence-electron chi connectivity index (χ0n) is 12.0. The van der Waals surface area contributed by atoms with Crippen LogP contribution >= 0.6 is 0 Å². The Morgan fingerprint density at radius 3 is 2.68 bits per heavy atom. The molecular weight excluding hydrogens is 242 g/mol. The molecule has 0 saturated heterocycles. The normalized spacial score (nSPS) is 16.4. The lowest BCUT2D eigenvalue weighted by Crippen LogP contribution is -2.32. The van der Waals surface area contributed by atoms with Gasteiger partial charge in [0.2, 0.25) is 0 Å². The molecule has 5 nitrogen and oxygen atoms in total. The lowest BCUT2D eigenvalue weighted by Gasteiger charge is -2.12. The Kier molecular flexibility index (Phi) is 3.94. The molecule has 1 saturated carbocycles. The molecule has 2 N–H and O–H groups in total. The molecule has 106 valence electrons. The number of hydrogen-bond donors (Lipinski definition) is 2. The average Bonchev–Trinajstić information content (AvgIpc) is 3.11. The number of carbonyl (C=O) groups excluding carboxylic acids is 1. The Morgan fingerprint density at radius 2 is 2.16 bits per heavy atom. The molecule has 0 bridgehead atoms. The maximum absolute atomic E-state index is 12.2. The summed E-state index contributed by atoms with van der Waals surface area (Å²) < 4.78 is 1.89. The number of nitrogens with zero attached hydrogens (tertiary/aromatic N) is 2. The summed E-state index contributed by atoms with van der Waals surface area (Å²) in [6.45, 7) is 7.44. The molecule has 0 aromatic carbocycles. The summed E-state index contributed by atoms with van der Waals surface area (Å²) in [5.41, 5.74) is 2.32. The zero-order valence-corrected chi connectivity index (χ0v) is 12.0. The zero-order chi connectivity index (χ0) is 14.0. The van der Waals surface area contributed by atoms with Crippen molar-refractivity contribution in [2.24, 2.45) is 5.41 Å². The lowest BCUT2D eigenvalue weighted by molar-refractivity contribution is 0.0934. The molecule has 1 aromatic heterocycles. The van der Waals surface area contributed by atoms with Crippen LogP contribution in [0.15, 0.2) is 0 Å². The van der Waals surface area contributed by atoms with E-state index in [0.29, 0.717) is 12.1 Å². The van der Waals surface area contributed by atoms with E-state index in [2.05, 4.69) is 17.3 Å². The van der Waals surface area contributed by atoms with E-state index in [0.717, 1.165) is 37.2 Å². The first kappa shape index (κ1) is 14.1. The summed E-state index contributed by atoms with van der Waals surface area (Å²) in [4.78, 5) is 12.2. The van der Waals surface area contributed by atoms with Crippen LogP contribution in [0.3, 0.4) is 0 Å². The molecule has 5 heteroatoms. The third-order valence-electron chi connectivity index (χ3n) is 3.96. The van der Waals surface area contributed by atoms with E-state index in [1.165, 1.54) is 0 Å². The summed E-state index contributed by atoms with van der Waals surface area (Å²) in [5, 5.41) is 16.6. The Labute approximate surface area is 114 Å². The SMILES string of the molecule is CCCn1nc(C)c(C(=O)NCC2(CO)CC2)c1C. The monoisotopic (exact) mass is 265 g/mol. The highest BCUT2D eigenvalue weighted by atomic mass is 16.3. The summed E-state index contributed by atoms with van der Waals surface area (Å²) in [5.74, 6) is -0.0721. The molecular formula is C14H23N3O2. The van der Waals surface area contributed by atoms with Crippen molar-refractivity contribution < 1.29 is 9.90 Å². The van der Waals surface area contributed by atoms with Crippen molar-refractivity contribution in [3.05, 3.63) is 17.0 Å². The summed E-state index contributed by atoms with van der Waals surface area (Å²) in [6.07, 6.45) is 2.99. The lowest BCUT2D eigenvalue weighted by atomic mass is 10.1. The summed E-state index contributed by atoms with van der Waals surface area (Å²) in [6, 6.07) is 0. The minimum Gasteiger partial charge on any atom is -0.396 e. The van der Waals surface area contributed by atoms with E-state index in [1.54, 1.807) is 0 Å². The van der Waals surface area contributed by atoms with Gasteiger partial charge < -0.3 is 10.4 Å². The van der Waals surface area contributed by atoms with Gasteiger partial charge in [-0.3, -0.25) is 9.48 Å². The quantitative estimate of drug-likeness (QED) is 0.817. The maximum atomic E-state index is 12.2. The molecule has 1 aromatic rings. The number of amides is 1. The van der Waals surface area contributed by atoms with Gasteiger partial charge in [-0.05, 0) is 33.1 Å². The van der Waals surface area contributed by atoms with Crippen molar-refractivity contribution in [1.29, 1.82) is 0 Å². The maximum Gasteiger partial charge on any atom is 0.255 e. The second-order valence-corrected chi connectivity index (χ2v) is 5.61. The van der Waals surface area contributed by atoms with Crippen molar-refractivity contribution in [1.82, 2.24) is 15.1 Å². The predicted octanol–water partition coefficient (Wildman–Crippen LogP) is 1.41. The Balaban J connectivity index is 2.06. The standard InChI is InChI=1S/C14H23N3O2/c1-4-7-17-11(3)12(10(2)16-17)13(19)15-8-14(9-18)5-6-14/h18H,4-9H2,1-3H3,(H,15,19). The van der Waals surface area contributed by atoms with Crippen molar-refractivity contribution >= 4 is 5.91 Å². The molecule has 1 heterocycles. The van der Waals surface area contributed by atoms with Crippen LogP contribution in [-0.4, -0.2) is 33.9 Å². The van der Waals surface area contributed by atoms with Crippen molar-refractivity contribution in [3.8, 4) is 0 Å². The Bertz CT molecular complexity index is 475. The van der Waals surface area contributed by atoms with Crippen LogP contribution in [0.25, 0.3) is 0 Å². The van der Waals surface area contributed by atoms with Crippen LogP contribution in [-0.2, 0) is 6.54 Å². The number of rotatable bonds is 6. The predicted molar refractivity (Wildman–Crippen MR) is 73.1 cm³/mol. The fourth-order valence-electron chi connectivity index (χ4n) is 2.38. The molecule has 19 heavy (non-hydrogen) atoms. The summed E-state index contributed by atoms with van der Waals surface area (Å²) in [7, 11) is 0. The smallest absolute Gasteiger partial charge is 0.255 e. The van der Waals surface area contributed by atoms with E-state index >= 15 is 0 Å². The number of aromatic nitrogens is 2. The van der Waals surface area contributed by atoms with Crippen LogP contribution in [0.4, 0.5) is 0 Å². The van der Waals surface area contributed by atoms with E-state index < -0.39 is 0 Å². The van der Waals surface area contributed by atoms with Gasteiger partial charge in [0.05, 0.1) is 17.9 Å². The van der Waals surface area contributed by atoms with Crippen LogP contribution in [0.1, 0.15) is 47.9 Å². The van der Waals surface area contributed by atoms with Gasteiger partial charge in [-0.25, -0.2) is 0 Å². The van der Waals surface area contributed by atoms with Crippen LogP contribution in [0, 0.1) is 19.3 Å². The number of carbonyl (C=O) groups is 1. The molecule has 0 unspecified atom stereocenters. The average molecular weight is 265 g/mol. The number of hydrogen-bond acceptors (Lipinski definition) is 3. The second kappa shape index (κ2) is 5.33. The highest BCUT2D eigenvalue weighted by Crippen LogP contribution is 2.44. The third-order valence-corrected chi connectivity index (χ3v) is 3.96. The number of aryl methyl sites for hydroxylation is 2. The molecule has 0 radical (unpaired) electrons. The first-order valence-electron chi connectivity index (χ1n) is 6.96. The van der Waals surface area contributed by atoms with E-state index in [4.69, 9.17) is 0 Å². The number of nitrogens with one attached hydrogen (secondary N) is 1. The van der Waals surface area contributed by atoms with Gasteiger partial charge in [-0.15, -0.1) is 0 Å². The molecule has 1 fully saturated rings. The first-order valence-corrected chi connectivity index (χ1v) is 6.96. The fraction of sp³-hybridized carbons (Fsp3) is 0.714. The van der Waals surface area contributed by atoms with Gasteiger partial charge in [0.15, 0.2) is 0 Å². The van der Waals surface area contributed by atoms with E-state index in [1.807, 2.05) is 18.5 Å². The molecule has 2 rings (SSSR count). The Hall–Kier alpha value is -1.36. The number of aliphatic hydroxyl groups is 1. The van der Waals surface area contributed by atoms with Crippen molar-refractivity contribution in [2.75, 3.05) is 13.2 Å². The van der Waals surface area contributed by atoms with Gasteiger partial charge in [0.1, 0.15) is 0 Å². The second-order valence-electron chi connectivity index (χ2n) is 5.61. The Morgan fingerprint density at radius 1 is 1.47 bits per heavy atom. The van der Waals surface area contributed by atoms with E-state index in [-0.39, 0.29) is 17.9 Å². The minimum absolute atomic E-state index is 0.0586. The molecule has 1 amide bonds. The largest absolute Gasteiger partial charge is 0.396 e. The molecule has 1 aliphatic carbocycles. The van der Waals surface area contributed by atoms with Crippen LogP contribution in [0.5, 0.6) is 0 Å². The topological polar surface area (TPSA) is 67.2 Å². The van der Waals surface area contributed by atoms with Crippen molar-refractivity contribution in [2.45, 2.75) is 46.6 Å². The molecule has 0 aliphatic heterocycles. The van der Waals surface area contributed by atoms with Crippen molar-refractivity contribution in [3.63, 3.8) is 0 Å². The van der Waals surface area contributed by atoms with Gasteiger partial charge in [0.25, 0.3) is 5.91 Å². The highest BCUT2D eigenvalue weighted by molar-refractivity contribution is 5.96. The number of aliphatic hydroxyl groups excluding tert-OH is 1. The van der Waals surface area contributed by atoms with Crippen LogP contribution < -0.4 is 5.32 Å². The molecule has 1 aliphatic rings. The van der Waals surface area contributed by atoms with E-state index in [9.17, 15) is 9.90 Å². The van der Waals surface area contributed by atoms with Gasteiger partial charge >= 0.3 is 0 Å². The van der Waals surface area contributed by atoms with Gasteiger partial charge in [0, 0.05) is 24.2 Å². The van der Waals surface area contributed by atoms with Crippen LogP contribution in [0.2, 0.25) is 0 Å². The molecule has 0 spiro atoms. The first-order chi connectivity index (χ1) is 9.03. The fourth-order valence-corrected chi connectivity index (χ4v) is 2.38. The third kappa shape index (κ3) is 2.81. The molecule has 0 atom stereocenters. The highest BCUT2D eigenvalue weighted by Gasteiger charge is 2.42. The van der Waals surface area contributed by atoms with Gasteiger partial charge in [-0.1, -0.05) is 6.92 Å². The minimum atomic E-state index is -0.0721.